The summed E-state index contributed by atoms with van der Waals surface area (Å²) in [6, 6.07) is 0.573. The number of piperazine rings is 1. The number of nitrogens with zero attached hydrogens (tertiary/aromatic N) is 4. The highest BCUT2D eigenvalue weighted by Crippen LogP contribution is 2.10. The van der Waals surface area contributed by atoms with Gasteiger partial charge in [0.05, 0.1) is 0 Å². The minimum Gasteiger partial charge on any atom is -0.356 e. The number of likely N-dealkylation sites (tertiary alicyclic amines) is 1. The lowest BCUT2D eigenvalue weighted by atomic mass is 10.1. The van der Waals surface area contributed by atoms with Gasteiger partial charge in [0.15, 0.2) is 5.96 Å². The molecule has 2 saturated heterocycles. The maximum absolute atomic E-state index is 4.41. The van der Waals surface area contributed by atoms with Crippen molar-refractivity contribution in [2.24, 2.45) is 4.99 Å². The van der Waals surface area contributed by atoms with Crippen molar-refractivity contribution in [3.05, 3.63) is 0 Å². The van der Waals surface area contributed by atoms with E-state index >= 15 is 0 Å². The summed E-state index contributed by atoms with van der Waals surface area (Å²) in [4.78, 5) is 12.1. The topological polar surface area (TPSA) is 46.1 Å². The average molecular weight is 495 g/mol. The summed E-state index contributed by atoms with van der Waals surface area (Å²) in [5.41, 5.74) is 0. The van der Waals surface area contributed by atoms with Gasteiger partial charge >= 0.3 is 0 Å². The number of rotatable bonds is 9. The molecule has 0 atom stereocenters. The first-order chi connectivity index (χ1) is 12.7. The molecule has 2 rings (SSSR count). The number of nitrogens with one attached hydrogen (secondary N) is 2. The number of likely N-dealkylation sites (N-methyl/N-ethyl adjacent to an activating group) is 1. The van der Waals surface area contributed by atoms with Gasteiger partial charge in [-0.25, -0.2) is 0 Å². The van der Waals surface area contributed by atoms with E-state index in [0.717, 1.165) is 12.5 Å². The van der Waals surface area contributed by atoms with E-state index in [0.29, 0.717) is 6.04 Å². The fourth-order valence-corrected chi connectivity index (χ4v) is 4.00. The molecule has 0 bridgehead atoms. The SMILES string of the molecule is CCCN1CCC(NC(=NC)NCCCCN2CCN(CC)CC2)CC1.I. The Balaban J connectivity index is 0.00000364. The molecule has 0 aliphatic carbocycles. The molecule has 160 valence electrons. The van der Waals surface area contributed by atoms with E-state index in [1.165, 1.54) is 91.0 Å². The minimum atomic E-state index is 0. The third-order valence-corrected chi connectivity index (χ3v) is 5.80. The predicted molar refractivity (Wildman–Crippen MR) is 127 cm³/mol. The van der Waals surface area contributed by atoms with Gasteiger partial charge < -0.3 is 25.3 Å². The monoisotopic (exact) mass is 494 g/mol. The van der Waals surface area contributed by atoms with Crippen molar-refractivity contribution < 1.29 is 0 Å². The van der Waals surface area contributed by atoms with Crippen LogP contribution in [0.25, 0.3) is 0 Å². The number of piperidine rings is 1. The Hall–Kier alpha value is -0.120. The maximum atomic E-state index is 4.41. The van der Waals surface area contributed by atoms with Crippen LogP contribution in [0.15, 0.2) is 4.99 Å². The lowest BCUT2D eigenvalue weighted by Crippen LogP contribution is -2.49. The zero-order chi connectivity index (χ0) is 18.6. The van der Waals surface area contributed by atoms with Gasteiger partial charge in [-0.15, -0.1) is 24.0 Å². The molecule has 2 heterocycles. The molecular weight excluding hydrogens is 451 g/mol. The molecule has 2 aliphatic rings. The Bertz CT molecular complexity index is 390. The zero-order valence-electron chi connectivity index (χ0n) is 17.9. The van der Waals surface area contributed by atoms with Crippen LogP contribution >= 0.6 is 24.0 Å². The Morgan fingerprint density at radius 2 is 1.52 bits per heavy atom. The molecule has 27 heavy (non-hydrogen) atoms. The van der Waals surface area contributed by atoms with Crippen LogP contribution in [0.1, 0.15) is 46.0 Å². The molecule has 0 radical (unpaired) electrons. The van der Waals surface area contributed by atoms with Crippen molar-refractivity contribution in [2.75, 3.05) is 72.5 Å². The predicted octanol–water partition coefficient (Wildman–Crippen LogP) is 2.06. The second-order valence-electron chi connectivity index (χ2n) is 7.74. The number of hydrogen-bond donors (Lipinski definition) is 2. The lowest BCUT2D eigenvalue weighted by molar-refractivity contribution is 0.136. The second-order valence-corrected chi connectivity index (χ2v) is 7.74. The fourth-order valence-electron chi connectivity index (χ4n) is 4.00. The molecule has 2 aliphatic heterocycles. The molecule has 0 amide bonds. The number of halogens is 1. The third-order valence-electron chi connectivity index (χ3n) is 5.80. The average Bonchev–Trinajstić information content (AvgIpc) is 2.69. The van der Waals surface area contributed by atoms with E-state index in [1.807, 2.05) is 7.05 Å². The van der Waals surface area contributed by atoms with Crippen LogP contribution in [0.2, 0.25) is 0 Å². The molecule has 0 spiro atoms. The molecule has 2 fully saturated rings. The minimum absolute atomic E-state index is 0. The highest BCUT2D eigenvalue weighted by atomic mass is 127. The van der Waals surface area contributed by atoms with Crippen molar-refractivity contribution in [2.45, 2.75) is 52.0 Å². The number of unbranched alkanes of at least 4 members (excludes halogenated alkanes) is 1. The summed E-state index contributed by atoms with van der Waals surface area (Å²) in [6.45, 7) is 16.6. The Kier molecular flexibility index (Phi) is 13.7. The van der Waals surface area contributed by atoms with Crippen LogP contribution in [-0.2, 0) is 0 Å². The summed E-state index contributed by atoms with van der Waals surface area (Å²) in [7, 11) is 1.88. The molecule has 2 N–H and O–H groups in total. The third kappa shape index (κ3) is 9.76. The Morgan fingerprint density at radius 1 is 0.889 bits per heavy atom. The van der Waals surface area contributed by atoms with Crippen LogP contribution < -0.4 is 10.6 Å². The van der Waals surface area contributed by atoms with Crippen molar-refractivity contribution in [1.29, 1.82) is 0 Å². The maximum Gasteiger partial charge on any atom is 0.191 e. The largest absolute Gasteiger partial charge is 0.356 e. The van der Waals surface area contributed by atoms with Gasteiger partial charge in [0.1, 0.15) is 0 Å². The molecule has 0 aromatic rings. The lowest BCUT2D eigenvalue weighted by Gasteiger charge is -2.34. The molecule has 6 nitrogen and oxygen atoms in total. The molecule has 0 unspecified atom stereocenters. The fraction of sp³-hybridized carbons (Fsp3) is 0.950. The zero-order valence-corrected chi connectivity index (χ0v) is 20.2. The number of aliphatic imine (C=N–C) groups is 1. The number of guanidine groups is 1. The van der Waals surface area contributed by atoms with Gasteiger partial charge in [-0.3, -0.25) is 4.99 Å². The smallest absolute Gasteiger partial charge is 0.191 e. The van der Waals surface area contributed by atoms with E-state index in [-0.39, 0.29) is 24.0 Å². The van der Waals surface area contributed by atoms with E-state index in [9.17, 15) is 0 Å². The Morgan fingerprint density at radius 3 is 2.11 bits per heavy atom. The van der Waals surface area contributed by atoms with E-state index in [1.54, 1.807) is 0 Å². The summed E-state index contributed by atoms with van der Waals surface area (Å²) in [5.74, 6) is 0.982. The van der Waals surface area contributed by atoms with Crippen LogP contribution in [0.5, 0.6) is 0 Å². The van der Waals surface area contributed by atoms with E-state index in [4.69, 9.17) is 0 Å². The normalized spacial score (nSPS) is 21.1. The molecule has 0 aromatic heterocycles. The first kappa shape index (κ1) is 24.9. The molecule has 7 heteroatoms. The first-order valence-electron chi connectivity index (χ1n) is 10.9. The quantitative estimate of drug-likeness (QED) is 0.223. The van der Waals surface area contributed by atoms with E-state index in [2.05, 4.69) is 44.2 Å². The van der Waals surface area contributed by atoms with Gasteiger partial charge in [0.2, 0.25) is 0 Å². The van der Waals surface area contributed by atoms with Gasteiger partial charge in [-0.05, 0) is 51.7 Å². The van der Waals surface area contributed by atoms with Gasteiger partial charge in [0.25, 0.3) is 0 Å². The van der Waals surface area contributed by atoms with Crippen LogP contribution in [0.3, 0.4) is 0 Å². The summed E-state index contributed by atoms with van der Waals surface area (Å²) in [5, 5.41) is 7.12. The van der Waals surface area contributed by atoms with Crippen LogP contribution in [0, 0.1) is 0 Å². The molecule has 0 saturated carbocycles. The second kappa shape index (κ2) is 14.8. The van der Waals surface area contributed by atoms with E-state index < -0.39 is 0 Å². The highest BCUT2D eigenvalue weighted by molar-refractivity contribution is 14.0. The molecular formula is C20H43IN6. The standard InChI is InChI=1S/C20H42N6.HI/c1-4-11-25-13-8-19(9-14-25)23-20(21-3)22-10-6-7-12-26-17-15-24(5-2)16-18-26;/h19H,4-18H2,1-3H3,(H2,21,22,23);1H. The summed E-state index contributed by atoms with van der Waals surface area (Å²) < 4.78 is 0. The summed E-state index contributed by atoms with van der Waals surface area (Å²) in [6.07, 6.45) is 6.19. The number of hydrogen-bond acceptors (Lipinski definition) is 4. The van der Waals surface area contributed by atoms with Crippen molar-refractivity contribution in [3.8, 4) is 0 Å². The van der Waals surface area contributed by atoms with Crippen molar-refractivity contribution >= 4 is 29.9 Å². The Labute approximate surface area is 184 Å². The van der Waals surface area contributed by atoms with Gasteiger partial charge in [-0.1, -0.05) is 13.8 Å². The summed E-state index contributed by atoms with van der Waals surface area (Å²) >= 11 is 0. The van der Waals surface area contributed by atoms with Gasteiger partial charge in [0, 0.05) is 58.9 Å². The van der Waals surface area contributed by atoms with Crippen molar-refractivity contribution in [3.63, 3.8) is 0 Å². The highest BCUT2D eigenvalue weighted by Gasteiger charge is 2.19. The molecule has 0 aromatic carbocycles. The van der Waals surface area contributed by atoms with Crippen LogP contribution in [0.4, 0.5) is 0 Å². The van der Waals surface area contributed by atoms with Gasteiger partial charge in [-0.2, -0.15) is 0 Å². The van der Waals surface area contributed by atoms with Crippen molar-refractivity contribution in [1.82, 2.24) is 25.3 Å². The van der Waals surface area contributed by atoms with Crippen LogP contribution in [-0.4, -0.2) is 99.2 Å². The first-order valence-corrected chi connectivity index (χ1v) is 10.9.